The summed E-state index contributed by atoms with van der Waals surface area (Å²) in [4.78, 5) is 10.3. The normalized spacial score (nSPS) is 12.3. The molecule has 0 aliphatic heterocycles. The van der Waals surface area contributed by atoms with Gasteiger partial charge in [-0.3, -0.25) is 0 Å². The van der Waals surface area contributed by atoms with Gasteiger partial charge in [-0.25, -0.2) is 9.98 Å². The summed E-state index contributed by atoms with van der Waals surface area (Å²) in [5.41, 5.74) is 16.3. The maximum Gasteiger partial charge on any atom is 0.160 e. The molecule has 0 spiro atoms. The zero-order valence-corrected chi connectivity index (χ0v) is 39.2. The van der Waals surface area contributed by atoms with E-state index in [1.807, 2.05) is 54.7 Å². The van der Waals surface area contributed by atoms with Gasteiger partial charge in [0, 0.05) is 69.9 Å². The Balaban J connectivity index is 0.936. The lowest BCUT2D eigenvalue weighted by atomic mass is 9.99. The van der Waals surface area contributed by atoms with Crippen molar-refractivity contribution >= 4 is 92.4 Å². The first kappa shape index (κ1) is 41.3. The van der Waals surface area contributed by atoms with Crippen LogP contribution >= 0.6 is 11.3 Å². The molecule has 3 heterocycles. The zero-order chi connectivity index (χ0) is 46.7. The predicted molar refractivity (Wildman–Crippen MR) is 300 cm³/mol. The summed E-state index contributed by atoms with van der Waals surface area (Å²) in [5.74, 6) is 0.633. The lowest BCUT2D eigenvalue weighted by Crippen LogP contribution is -2.04. The van der Waals surface area contributed by atoms with Gasteiger partial charge >= 0.3 is 0 Å². The first-order valence-corrected chi connectivity index (χ1v) is 24.5. The molecule has 3 aromatic heterocycles. The van der Waals surface area contributed by atoms with Crippen LogP contribution in [0.4, 0.5) is 0 Å². The van der Waals surface area contributed by atoms with Crippen LogP contribution in [-0.4, -0.2) is 20.7 Å². The van der Waals surface area contributed by atoms with E-state index in [-0.39, 0.29) is 0 Å². The molecule has 0 bridgehead atoms. The van der Waals surface area contributed by atoms with Crippen molar-refractivity contribution in [1.29, 1.82) is 0 Å². The summed E-state index contributed by atoms with van der Waals surface area (Å²) >= 11 is 1.81. The summed E-state index contributed by atoms with van der Waals surface area (Å²) in [5, 5.41) is 7.33. The van der Waals surface area contributed by atoms with Crippen LogP contribution in [0.15, 0.2) is 253 Å². The Morgan fingerprint density at radius 1 is 0.386 bits per heavy atom. The molecule has 0 fully saturated rings. The Morgan fingerprint density at radius 2 is 0.886 bits per heavy atom. The van der Waals surface area contributed by atoms with E-state index in [0.717, 1.165) is 38.5 Å². The highest BCUT2D eigenvalue weighted by Gasteiger charge is 2.19. The second-order valence-corrected chi connectivity index (χ2v) is 18.9. The number of benzene rings is 10. The minimum absolute atomic E-state index is 0.633. The fourth-order valence-electron chi connectivity index (χ4n) is 10.3. The highest BCUT2D eigenvalue weighted by Crippen LogP contribution is 2.45. The van der Waals surface area contributed by atoms with Crippen molar-refractivity contribution in [3.63, 3.8) is 0 Å². The van der Waals surface area contributed by atoms with E-state index in [9.17, 15) is 0 Å². The van der Waals surface area contributed by atoms with Gasteiger partial charge in [-0.05, 0) is 89.3 Å². The Labute approximate surface area is 409 Å². The van der Waals surface area contributed by atoms with Gasteiger partial charge in [-0.2, -0.15) is 0 Å². The van der Waals surface area contributed by atoms with Crippen molar-refractivity contribution in [2.45, 2.75) is 6.92 Å². The van der Waals surface area contributed by atoms with Gasteiger partial charge in [0.1, 0.15) is 0 Å². The molecule has 0 saturated carbocycles. The molecular weight excluding hydrogens is 869 g/mol. The molecule has 0 amide bonds. The number of nitrogens with zero attached hydrogens (tertiary/aromatic N) is 4. The lowest BCUT2D eigenvalue weighted by Gasteiger charge is -2.10. The molecule has 5 heteroatoms. The molecule has 10 aromatic carbocycles. The molecule has 0 aliphatic rings. The van der Waals surface area contributed by atoms with Crippen molar-refractivity contribution in [3.05, 3.63) is 260 Å². The zero-order valence-electron chi connectivity index (χ0n) is 38.4. The third kappa shape index (κ3) is 6.98. The molecule has 0 N–H and O–H groups in total. The van der Waals surface area contributed by atoms with Crippen molar-refractivity contribution in [1.82, 2.24) is 9.13 Å². The molecule has 330 valence electrons. The van der Waals surface area contributed by atoms with Gasteiger partial charge in [-0.1, -0.05) is 189 Å². The van der Waals surface area contributed by atoms with Gasteiger partial charge in [0.25, 0.3) is 0 Å². The van der Waals surface area contributed by atoms with Crippen molar-refractivity contribution in [2.24, 2.45) is 9.98 Å². The van der Waals surface area contributed by atoms with Gasteiger partial charge in [-0.15, -0.1) is 11.3 Å². The SMILES string of the molecule is C=C(N=C(N=C(C)c1ccccc1)c1ccccc1)c1cccc2c1sc1c(-c3ccc4c(c3)c3ccc(-c5ccc6c7ccccc7n(-c7ccccc7)c6c5)cc3n4-c3ccccc3)cccc12. The summed E-state index contributed by atoms with van der Waals surface area (Å²) in [6.07, 6.45) is 0. The van der Waals surface area contributed by atoms with Crippen LogP contribution in [0, 0.1) is 0 Å². The number of hydrogen-bond donors (Lipinski definition) is 0. The minimum atomic E-state index is 0.633. The highest BCUT2D eigenvalue weighted by atomic mass is 32.1. The largest absolute Gasteiger partial charge is 0.309 e. The number of hydrogen-bond acceptors (Lipinski definition) is 2. The fraction of sp³-hybridized carbons (Fsp3) is 0.0154. The number of para-hydroxylation sites is 3. The third-order valence-corrected chi connectivity index (χ3v) is 15.0. The summed E-state index contributed by atoms with van der Waals surface area (Å²) < 4.78 is 7.21. The van der Waals surface area contributed by atoms with E-state index in [2.05, 4.69) is 216 Å². The molecule has 0 atom stereocenters. The van der Waals surface area contributed by atoms with Crippen molar-refractivity contribution in [2.75, 3.05) is 0 Å². The van der Waals surface area contributed by atoms with Crippen LogP contribution in [0.5, 0.6) is 0 Å². The first-order chi connectivity index (χ1) is 34.6. The first-order valence-electron chi connectivity index (χ1n) is 23.7. The average molecular weight is 913 g/mol. The molecule has 4 nitrogen and oxygen atoms in total. The molecule has 0 aliphatic carbocycles. The van der Waals surface area contributed by atoms with Crippen molar-refractivity contribution in [3.8, 4) is 33.6 Å². The van der Waals surface area contributed by atoms with Gasteiger partial charge < -0.3 is 9.13 Å². The Bertz CT molecular complexity index is 4230. The van der Waals surface area contributed by atoms with Gasteiger partial charge in [0.15, 0.2) is 5.84 Å². The Hall–Kier alpha value is -8.90. The Morgan fingerprint density at radius 3 is 1.54 bits per heavy atom. The monoisotopic (exact) mass is 912 g/mol. The number of aromatic nitrogens is 2. The molecule has 0 radical (unpaired) electrons. The van der Waals surface area contributed by atoms with Gasteiger partial charge in [0.05, 0.1) is 27.8 Å². The van der Waals surface area contributed by atoms with Crippen LogP contribution in [0.1, 0.15) is 23.6 Å². The topological polar surface area (TPSA) is 34.6 Å². The number of amidine groups is 1. The second kappa shape index (κ2) is 17.0. The van der Waals surface area contributed by atoms with E-state index in [1.165, 1.54) is 81.3 Å². The summed E-state index contributed by atoms with van der Waals surface area (Å²) in [6.45, 7) is 6.61. The average Bonchev–Trinajstić information content (AvgIpc) is 4.09. The van der Waals surface area contributed by atoms with Crippen LogP contribution in [0.3, 0.4) is 0 Å². The maximum atomic E-state index is 5.18. The van der Waals surface area contributed by atoms with E-state index in [4.69, 9.17) is 9.98 Å². The van der Waals surface area contributed by atoms with Crippen LogP contribution in [0.25, 0.3) is 103 Å². The highest BCUT2D eigenvalue weighted by molar-refractivity contribution is 7.26. The molecule has 0 unspecified atom stereocenters. The second-order valence-electron chi connectivity index (χ2n) is 17.8. The molecule has 70 heavy (non-hydrogen) atoms. The maximum absolute atomic E-state index is 5.18. The fourth-order valence-corrected chi connectivity index (χ4v) is 11.7. The number of fused-ring (bicyclic) bond motifs is 9. The van der Waals surface area contributed by atoms with Crippen LogP contribution in [0.2, 0.25) is 0 Å². The third-order valence-electron chi connectivity index (χ3n) is 13.7. The number of thiophene rings is 1. The van der Waals surface area contributed by atoms with E-state index in [0.29, 0.717) is 11.5 Å². The molecular formula is C65H44N4S. The Kier molecular flexibility index (Phi) is 10.0. The van der Waals surface area contributed by atoms with Gasteiger partial charge in [0.2, 0.25) is 0 Å². The predicted octanol–water partition coefficient (Wildman–Crippen LogP) is 17.5. The molecule has 13 aromatic rings. The lowest BCUT2D eigenvalue weighted by molar-refractivity contribution is 1.18. The van der Waals surface area contributed by atoms with Crippen LogP contribution in [-0.2, 0) is 0 Å². The summed E-state index contributed by atoms with van der Waals surface area (Å²) in [6, 6.07) is 84.7. The van der Waals surface area contributed by atoms with Crippen LogP contribution < -0.4 is 0 Å². The summed E-state index contributed by atoms with van der Waals surface area (Å²) in [7, 11) is 0. The number of aliphatic imine (C=N–C) groups is 2. The molecule has 0 saturated heterocycles. The smallest absolute Gasteiger partial charge is 0.160 e. The quantitative estimate of drug-likeness (QED) is 0.108. The molecule has 13 rings (SSSR count). The van der Waals surface area contributed by atoms with Crippen molar-refractivity contribution < 1.29 is 0 Å². The van der Waals surface area contributed by atoms with E-state index in [1.54, 1.807) is 0 Å². The van der Waals surface area contributed by atoms with E-state index >= 15 is 0 Å². The van der Waals surface area contributed by atoms with E-state index < -0.39 is 0 Å². The standard InChI is InChI=1S/C65H44N4S/c1-42(44-19-7-3-8-20-44)66-65(45-21-9-4-10-22-45)67-43(2)51-28-17-30-56-57-31-18-29-52(64(57)70-63(51)56)48-35-38-60-58(39-48)55-37-34-47(41-62(55)69(60)50-25-13-6-14-26-50)46-33-36-54-53-27-15-16-32-59(53)68(61(54)40-46)49-23-11-5-12-24-49/h3-41H,2H2,1H3. The number of rotatable bonds is 8. The minimum Gasteiger partial charge on any atom is -0.309 e.